The van der Waals surface area contributed by atoms with Crippen LogP contribution in [0.25, 0.3) is 0 Å². The Balaban J connectivity index is 1.79. The van der Waals surface area contributed by atoms with Gasteiger partial charge < -0.3 is 0 Å². The van der Waals surface area contributed by atoms with E-state index < -0.39 is 0 Å². The number of amides is 2. The summed E-state index contributed by atoms with van der Waals surface area (Å²) in [6, 6.07) is 6.87. The molecule has 0 saturated heterocycles. The molecule has 4 nitrogen and oxygen atoms in total. The topological polar surface area (TPSA) is 49.4 Å². The fourth-order valence-electron chi connectivity index (χ4n) is 2.32. The zero-order valence-corrected chi connectivity index (χ0v) is 10.4. The molecule has 1 aliphatic carbocycles. The van der Waals surface area contributed by atoms with Crippen LogP contribution < -0.4 is 5.43 Å². The molecule has 19 heavy (non-hydrogen) atoms. The smallest absolute Gasteiger partial charge is 0.280 e. The lowest BCUT2D eigenvalue weighted by Gasteiger charge is -2.15. The third kappa shape index (κ3) is 2.05. The Hall–Kier alpha value is -2.36. The molecule has 0 spiro atoms. The van der Waals surface area contributed by atoms with Gasteiger partial charge in [0.25, 0.3) is 11.8 Å². The van der Waals surface area contributed by atoms with Gasteiger partial charge in [0.1, 0.15) is 0 Å². The molecule has 1 aromatic rings. The summed E-state index contributed by atoms with van der Waals surface area (Å²) in [5.41, 5.74) is 4.95. The highest BCUT2D eigenvalue weighted by atomic mass is 16.2. The number of imide groups is 1. The van der Waals surface area contributed by atoms with Crippen LogP contribution in [0.1, 0.15) is 40.0 Å². The molecular formula is C15H14N2O2. The minimum atomic E-state index is -0.288. The van der Waals surface area contributed by atoms with Crippen LogP contribution in [0.5, 0.6) is 0 Å². The van der Waals surface area contributed by atoms with Crippen LogP contribution >= 0.6 is 0 Å². The number of fused-ring (bicyclic) bond motifs is 1. The van der Waals surface area contributed by atoms with Crippen molar-refractivity contribution in [2.75, 3.05) is 0 Å². The number of rotatable bonds is 2. The van der Waals surface area contributed by atoms with Gasteiger partial charge in [-0.1, -0.05) is 24.3 Å². The highest BCUT2D eigenvalue weighted by molar-refractivity contribution is 6.21. The number of nitrogens with zero attached hydrogens (tertiary/aromatic N) is 1. The van der Waals surface area contributed by atoms with Crippen molar-refractivity contribution in [3.63, 3.8) is 0 Å². The van der Waals surface area contributed by atoms with Gasteiger partial charge in [0.2, 0.25) is 0 Å². The third-order valence-electron chi connectivity index (χ3n) is 3.37. The first-order valence-electron chi connectivity index (χ1n) is 6.34. The molecular weight excluding hydrogens is 240 g/mol. The molecule has 4 heteroatoms. The van der Waals surface area contributed by atoms with Gasteiger partial charge in [0.05, 0.1) is 11.1 Å². The summed E-state index contributed by atoms with van der Waals surface area (Å²) in [5, 5.41) is 1.08. The van der Waals surface area contributed by atoms with Crippen molar-refractivity contribution < 1.29 is 9.59 Å². The number of hydrogen-bond donors (Lipinski definition) is 1. The van der Waals surface area contributed by atoms with Crippen LogP contribution in [0.3, 0.4) is 0 Å². The minimum absolute atomic E-state index is 0.288. The molecule has 0 saturated carbocycles. The van der Waals surface area contributed by atoms with Crippen molar-refractivity contribution >= 4 is 11.8 Å². The van der Waals surface area contributed by atoms with Gasteiger partial charge >= 0.3 is 0 Å². The molecule has 0 radical (unpaired) electrons. The van der Waals surface area contributed by atoms with E-state index in [-0.39, 0.29) is 11.8 Å². The fourth-order valence-corrected chi connectivity index (χ4v) is 2.32. The Morgan fingerprint density at radius 3 is 2.32 bits per heavy atom. The quantitative estimate of drug-likeness (QED) is 0.651. The van der Waals surface area contributed by atoms with Gasteiger partial charge in [-0.2, -0.15) is 5.01 Å². The maximum Gasteiger partial charge on any atom is 0.280 e. The van der Waals surface area contributed by atoms with E-state index in [9.17, 15) is 9.59 Å². The highest BCUT2D eigenvalue weighted by Crippen LogP contribution is 2.21. The molecule has 0 fully saturated rings. The molecule has 1 aliphatic heterocycles. The second-order valence-corrected chi connectivity index (χ2v) is 4.64. The van der Waals surface area contributed by atoms with Crippen molar-refractivity contribution in [3.05, 3.63) is 59.3 Å². The van der Waals surface area contributed by atoms with E-state index in [4.69, 9.17) is 0 Å². The minimum Gasteiger partial charge on any atom is -0.296 e. The molecule has 2 amide bonds. The van der Waals surface area contributed by atoms with Crippen LogP contribution in [0.2, 0.25) is 0 Å². The molecule has 0 bridgehead atoms. The van der Waals surface area contributed by atoms with Gasteiger partial charge in [-0.3, -0.25) is 15.0 Å². The summed E-state index contributed by atoms with van der Waals surface area (Å²) >= 11 is 0. The monoisotopic (exact) mass is 254 g/mol. The number of carbonyl (C=O) groups is 2. The van der Waals surface area contributed by atoms with E-state index >= 15 is 0 Å². The molecule has 1 aromatic carbocycles. The molecule has 0 atom stereocenters. The average Bonchev–Trinajstić information content (AvgIpc) is 2.71. The van der Waals surface area contributed by atoms with Gasteiger partial charge in [0.15, 0.2) is 0 Å². The summed E-state index contributed by atoms with van der Waals surface area (Å²) in [7, 11) is 0. The van der Waals surface area contributed by atoms with Crippen molar-refractivity contribution in [1.29, 1.82) is 0 Å². The molecule has 3 rings (SSSR count). The summed E-state index contributed by atoms with van der Waals surface area (Å²) in [5.74, 6) is -0.576. The van der Waals surface area contributed by atoms with Crippen LogP contribution in [0.15, 0.2) is 48.2 Å². The number of hydrogen-bond acceptors (Lipinski definition) is 3. The van der Waals surface area contributed by atoms with E-state index in [1.165, 1.54) is 5.57 Å². The van der Waals surface area contributed by atoms with E-state index in [1.807, 2.05) is 0 Å². The molecule has 96 valence electrons. The molecule has 1 heterocycles. The lowest BCUT2D eigenvalue weighted by atomic mass is 10.0. The summed E-state index contributed by atoms with van der Waals surface area (Å²) < 4.78 is 0. The maximum absolute atomic E-state index is 12.1. The number of hydrazine groups is 1. The molecule has 0 aromatic heterocycles. The zero-order valence-electron chi connectivity index (χ0n) is 10.4. The largest absolute Gasteiger partial charge is 0.296 e. The predicted octanol–water partition coefficient (Wildman–Crippen LogP) is 2.41. The number of allylic oxidation sites excluding steroid dienone is 3. The average molecular weight is 254 g/mol. The van der Waals surface area contributed by atoms with Crippen LogP contribution in [0.4, 0.5) is 0 Å². The van der Waals surface area contributed by atoms with Gasteiger partial charge in [-0.15, -0.1) is 0 Å². The second-order valence-electron chi connectivity index (χ2n) is 4.64. The van der Waals surface area contributed by atoms with E-state index in [0.717, 1.165) is 24.3 Å². The Kier molecular flexibility index (Phi) is 2.91. The standard InChI is InChI=1S/C15H14N2O2/c18-14-12-8-4-5-9-13(12)15(19)17(14)16-10-11-6-2-1-3-7-11/h1-2,4-5,8-10,16H,3,6-7H2/b11-10+. The van der Waals surface area contributed by atoms with Gasteiger partial charge in [0, 0.05) is 6.20 Å². The van der Waals surface area contributed by atoms with Crippen LogP contribution in [-0.4, -0.2) is 16.8 Å². The Morgan fingerprint density at radius 1 is 1.05 bits per heavy atom. The van der Waals surface area contributed by atoms with Crippen LogP contribution in [-0.2, 0) is 0 Å². The molecule has 2 aliphatic rings. The van der Waals surface area contributed by atoms with E-state index in [1.54, 1.807) is 30.5 Å². The van der Waals surface area contributed by atoms with Crippen molar-refractivity contribution in [3.8, 4) is 0 Å². The van der Waals surface area contributed by atoms with Gasteiger partial charge in [-0.05, 0) is 37.0 Å². The first kappa shape index (κ1) is 11.7. The Morgan fingerprint density at radius 2 is 1.74 bits per heavy atom. The second kappa shape index (κ2) is 4.72. The van der Waals surface area contributed by atoms with Crippen molar-refractivity contribution in [1.82, 2.24) is 10.4 Å². The number of carbonyl (C=O) groups excluding carboxylic acids is 2. The summed E-state index contributed by atoms with van der Waals surface area (Å²) in [4.78, 5) is 24.2. The molecule has 1 N–H and O–H groups in total. The van der Waals surface area contributed by atoms with Crippen molar-refractivity contribution in [2.45, 2.75) is 19.3 Å². The lowest BCUT2D eigenvalue weighted by Crippen LogP contribution is -2.39. The summed E-state index contributed by atoms with van der Waals surface area (Å²) in [6.07, 6.45) is 8.85. The van der Waals surface area contributed by atoms with E-state index in [2.05, 4.69) is 17.6 Å². The maximum atomic E-state index is 12.1. The Bertz CT molecular complexity index is 567. The predicted molar refractivity (Wildman–Crippen MR) is 71.2 cm³/mol. The Labute approximate surface area is 111 Å². The summed E-state index contributed by atoms with van der Waals surface area (Å²) in [6.45, 7) is 0. The number of nitrogens with one attached hydrogen (secondary N) is 1. The SMILES string of the molecule is O=C1c2ccccc2C(=O)N1N/C=C1\CC=CCC1. The van der Waals surface area contributed by atoms with Crippen LogP contribution in [0, 0.1) is 0 Å². The van der Waals surface area contributed by atoms with E-state index in [0.29, 0.717) is 11.1 Å². The molecule has 0 unspecified atom stereocenters. The fraction of sp³-hybridized carbons (Fsp3) is 0.200. The lowest BCUT2D eigenvalue weighted by molar-refractivity contribution is 0.0598. The first-order valence-corrected chi connectivity index (χ1v) is 6.34. The normalized spacial score (nSPS) is 20.0. The highest BCUT2D eigenvalue weighted by Gasteiger charge is 2.34. The van der Waals surface area contributed by atoms with Crippen molar-refractivity contribution in [2.24, 2.45) is 0 Å². The van der Waals surface area contributed by atoms with Gasteiger partial charge in [-0.25, -0.2) is 0 Å². The third-order valence-corrected chi connectivity index (χ3v) is 3.37. The first-order chi connectivity index (χ1) is 9.27. The zero-order chi connectivity index (χ0) is 13.2. The number of benzene rings is 1.